The number of carbonyl (C=O) groups is 1. The molecule has 0 fully saturated rings. The van der Waals surface area contributed by atoms with Gasteiger partial charge in [0.2, 0.25) is 5.89 Å². The second kappa shape index (κ2) is 10.7. The molecule has 1 aromatic carbocycles. The number of rotatable bonds is 8. The Labute approximate surface area is 168 Å². The summed E-state index contributed by atoms with van der Waals surface area (Å²) < 4.78 is 6.43. The lowest BCUT2D eigenvalue weighted by Crippen LogP contribution is -2.38. The lowest BCUT2D eigenvalue weighted by atomic mass is 10.2. The second-order valence-electron chi connectivity index (χ2n) is 5.99. The molecule has 0 aliphatic heterocycles. The minimum Gasteiger partial charge on any atom is -0.444 e. The molecule has 3 N–H and O–H groups in total. The van der Waals surface area contributed by atoms with Gasteiger partial charge in [0.25, 0.3) is 5.91 Å². The number of carbonyl (C=O) groups excluding carboxylic acids is 1. The summed E-state index contributed by atoms with van der Waals surface area (Å²) in [6.45, 7) is 8.22. The van der Waals surface area contributed by atoms with Crippen molar-refractivity contribution in [3.8, 4) is 0 Å². The van der Waals surface area contributed by atoms with Gasteiger partial charge in [-0.1, -0.05) is 22.0 Å². The highest BCUT2D eigenvalue weighted by molar-refractivity contribution is 9.10. The Balaban J connectivity index is 1.73. The third-order valence-electron chi connectivity index (χ3n) is 3.81. The van der Waals surface area contributed by atoms with E-state index in [2.05, 4.69) is 41.9 Å². The second-order valence-corrected chi connectivity index (χ2v) is 6.91. The number of aromatic nitrogens is 1. The van der Waals surface area contributed by atoms with Crippen LogP contribution in [0.4, 0.5) is 0 Å². The molecule has 7 nitrogen and oxygen atoms in total. The van der Waals surface area contributed by atoms with Crippen LogP contribution in [0.15, 0.2) is 38.1 Å². The van der Waals surface area contributed by atoms with Crippen LogP contribution in [0.25, 0.3) is 0 Å². The van der Waals surface area contributed by atoms with Crippen LogP contribution >= 0.6 is 15.9 Å². The van der Waals surface area contributed by atoms with Gasteiger partial charge in [-0.2, -0.15) is 0 Å². The molecule has 0 radical (unpaired) electrons. The van der Waals surface area contributed by atoms with Crippen LogP contribution in [0.3, 0.4) is 0 Å². The molecule has 1 aromatic heterocycles. The van der Waals surface area contributed by atoms with Crippen LogP contribution in [-0.2, 0) is 6.54 Å². The van der Waals surface area contributed by atoms with Crippen molar-refractivity contribution in [2.75, 3.05) is 19.6 Å². The van der Waals surface area contributed by atoms with Crippen molar-refractivity contribution in [3.63, 3.8) is 0 Å². The maximum atomic E-state index is 12.1. The fraction of sp³-hybridized carbons (Fsp3) is 0.421. The molecule has 0 bridgehead atoms. The van der Waals surface area contributed by atoms with Crippen molar-refractivity contribution in [2.24, 2.45) is 4.99 Å². The van der Waals surface area contributed by atoms with E-state index in [0.29, 0.717) is 37.0 Å². The first kappa shape index (κ1) is 21.0. The predicted molar refractivity (Wildman–Crippen MR) is 110 cm³/mol. The first-order valence-corrected chi connectivity index (χ1v) is 9.77. The minimum absolute atomic E-state index is 0.0773. The highest BCUT2D eigenvalue weighted by Crippen LogP contribution is 2.11. The predicted octanol–water partition coefficient (Wildman–Crippen LogP) is 2.93. The summed E-state index contributed by atoms with van der Waals surface area (Å²) in [6, 6.07) is 7.33. The number of hydrogen-bond acceptors (Lipinski definition) is 4. The van der Waals surface area contributed by atoms with Crippen molar-refractivity contribution in [1.82, 2.24) is 20.9 Å². The van der Waals surface area contributed by atoms with Crippen molar-refractivity contribution in [3.05, 3.63) is 51.6 Å². The van der Waals surface area contributed by atoms with Crippen molar-refractivity contribution in [2.45, 2.75) is 33.7 Å². The third-order valence-corrected chi connectivity index (χ3v) is 4.30. The first-order valence-electron chi connectivity index (χ1n) is 8.98. The van der Waals surface area contributed by atoms with E-state index in [-0.39, 0.29) is 5.91 Å². The number of halogens is 1. The Morgan fingerprint density at radius 1 is 1.22 bits per heavy atom. The zero-order valence-electron chi connectivity index (χ0n) is 15.9. The van der Waals surface area contributed by atoms with Crippen LogP contribution < -0.4 is 16.0 Å². The molecule has 1 heterocycles. The van der Waals surface area contributed by atoms with Gasteiger partial charge >= 0.3 is 0 Å². The average molecular weight is 436 g/mol. The number of aliphatic imine (C=N–C) groups is 1. The maximum absolute atomic E-state index is 12.1. The highest BCUT2D eigenvalue weighted by Gasteiger charge is 2.06. The molecular weight excluding hydrogens is 410 g/mol. The number of amides is 1. The fourth-order valence-corrected chi connectivity index (χ4v) is 2.72. The number of aryl methyl sites for hydroxylation is 2. The topological polar surface area (TPSA) is 91.6 Å². The van der Waals surface area contributed by atoms with E-state index in [9.17, 15) is 4.79 Å². The summed E-state index contributed by atoms with van der Waals surface area (Å²) in [5.41, 5.74) is 1.53. The van der Waals surface area contributed by atoms with Crippen LogP contribution in [0.5, 0.6) is 0 Å². The summed E-state index contributed by atoms with van der Waals surface area (Å²) >= 11 is 3.37. The van der Waals surface area contributed by atoms with Gasteiger partial charge in [-0.3, -0.25) is 4.79 Å². The molecule has 0 saturated carbocycles. The van der Waals surface area contributed by atoms with Gasteiger partial charge < -0.3 is 20.4 Å². The smallest absolute Gasteiger partial charge is 0.251 e. The largest absolute Gasteiger partial charge is 0.444 e. The van der Waals surface area contributed by atoms with Crippen LogP contribution in [0.2, 0.25) is 0 Å². The van der Waals surface area contributed by atoms with Crippen LogP contribution in [0.1, 0.15) is 41.0 Å². The molecule has 0 atom stereocenters. The molecule has 0 saturated heterocycles. The van der Waals surface area contributed by atoms with Crippen molar-refractivity contribution in [1.29, 1.82) is 0 Å². The Morgan fingerprint density at radius 3 is 2.67 bits per heavy atom. The molecule has 0 aliphatic carbocycles. The summed E-state index contributed by atoms with van der Waals surface area (Å²) in [5.74, 6) is 2.04. The standard InChI is InChI=1S/C19H26BrN5O2/c1-4-21-19(24-12-17-25-13(2)14(3)27-17)23-10-6-9-22-18(26)15-7-5-8-16(20)11-15/h5,7-8,11H,4,6,9-10,12H2,1-3H3,(H,22,26)(H2,21,23,24). The van der Waals surface area contributed by atoms with Gasteiger partial charge in [0.15, 0.2) is 5.96 Å². The van der Waals surface area contributed by atoms with E-state index in [4.69, 9.17) is 4.42 Å². The molecule has 2 rings (SSSR count). The number of oxazole rings is 1. The molecule has 27 heavy (non-hydrogen) atoms. The van der Waals surface area contributed by atoms with E-state index in [1.54, 1.807) is 12.1 Å². The van der Waals surface area contributed by atoms with Crippen molar-refractivity contribution < 1.29 is 9.21 Å². The molecule has 0 aliphatic rings. The lowest BCUT2D eigenvalue weighted by molar-refractivity contribution is 0.0953. The van der Waals surface area contributed by atoms with Gasteiger partial charge in [0, 0.05) is 29.7 Å². The molecule has 0 unspecified atom stereocenters. The molecule has 8 heteroatoms. The number of guanidine groups is 1. The molecule has 2 aromatic rings. The third kappa shape index (κ3) is 7.05. The zero-order chi connectivity index (χ0) is 19.6. The number of hydrogen-bond donors (Lipinski definition) is 3. The number of benzene rings is 1. The van der Waals surface area contributed by atoms with Gasteiger partial charge in [-0.15, -0.1) is 0 Å². The number of nitrogens with zero attached hydrogens (tertiary/aromatic N) is 2. The van der Waals surface area contributed by atoms with E-state index >= 15 is 0 Å². The van der Waals surface area contributed by atoms with Gasteiger partial charge in [0.05, 0.1) is 5.69 Å². The quantitative estimate of drug-likeness (QED) is 0.336. The average Bonchev–Trinajstić information content (AvgIpc) is 2.97. The Kier molecular flexibility index (Phi) is 8.32. The first-order chi connectivity index (χ1) is 13.0. The van der Waals surface area contributed by atoms with Gasteiger partial charge in [-0.25, -0.2) is 9.98 Å². The summed E-state index contributed by atoms with van der Waals surface area (Å²) in [5, 5.41) is 9.34. The number of nitrogens with one attached hydrogen (secondary N) is 3. The van der Waals surface area contributed by atoms with E-state index in [1.807, 2.05) is 32.9 Å². The Hall–Kier alpha value is -2.35. The van der Waals surface area contributed by atoms with E-state index in [1.165, 1.54) is 0 Å². The normalized spacial score (nSPS) is 11.3. The molecule has 0 spiro atoms. The molecular formula is C19H26BrN5O2. The molecule has 146 valence electrons. The summed E-state index contributed by atoms with van der Waals surface area (Å²) in [7, 11) is 0. The summed E-state index contributed by atoms with van der Waals surface area (Å²) in [4.78, 5) is 20.9. The fourth-order valence-electron chi connectivity index (χ4n) is 2.32. The van der Waals surface area contributed by atoms with Gasteiger partial charge in [-0.05, 0) is 45.4 Å². The van der Waals surface area contributed by atoms with Gasteiger partial charge in [0.1, 0.15) is 12.3 Å². The highest BCUT2D eigenvalue weighted by atomic mass is 79.9. The SMILES string of the molecule is CCNC(=NCc1nc(C)c(C)o1)NCCCNC(=O)c1cccc(Br)c1. The Bertz CT molecular complexity index is 769. The van der Waals surface area contributed by atoms with Crippen LogP contribution in [0, 0.1) is 13.8 Å². The monoisotopic (exact) mass is 435 g/mol. The maximum Gasteiger partial charge on any atom is 0.251 e. The van der Waals surface area contributed by atoms with E-state index in [0.717, 1.165) is 28.9 Å². The molecule has 1 amide bonds. The Morgan fingerprint density at radius 2 is 2.00 bits per heavy atom. The zero-order valence-corrected chi connectivity index (χ0v) is 17.5. The van der Waals surface area contributed by atoms with Crippen molar-refractivity contribution >= 4 is 27.8 Å². The van der Waals surface area contributed by atoms with E-state index < -0.39 is 0 Å². The lowest BCUT2D eigenvalue weighted by Gasteiger charge is -2.11. The summed E-state index contributed by atoms with van der Waals surface area (Å²) in [6.07, 6.45) is 0.779. The minimum atomic E-state index is -0.0773. The van der Waals surface area contributed by atoms with Crippen LogP contribution in [-0.4, -0.2) is 36.5 Å².